The smallest absolute Gasteiger partial charge is 0.306 e. The molecule has 0 saturated carbocycles. The van der Waals surface area contributed by atoms with Gasteiger partial charge in [-0.2, -0.15) is 9.97 Å². The van der Waals surface area contributed by atoms with E-state index in [4.69, 9.17) is 0 Å². The average Bonchev–Trinajstić information content (AvgIpc) is 2.20. The number of nitrogens with zero attached hydrogens (tertiary/aromatic N) is 3. The molecule has 70 valence electrons. The van der Waals surface area contributed by atoms with Crippen LogP contribution in [0, 0.1) is 0 Å². The van der Waals surface area contributed by atoms with Crippen molar-refractivity contribution in [2.45, 2.75) is 0 Å². The van der Waals surface area contributed by atoms with Gasteiger partial charge in [-0.1, -0.05) is 0 Å². The third-order valence-corrected chi connectivity index (χ3v) is 2.60. The Hall–Kier alpha value is -1.00. The van der Waals surface area contributed by atoms with Crippen molar-refractivity contribution in [3.05, 3.63) is 18.5 Å². The number of likely N-dealkylation sites (N-methyl/N-ethyl adjacent to an activating group) is 1. The summed E-state index contributed by atoms with van der Waals surface area (Å²) in [6, 6.07) is 1.86. The lowest BCUT2D eigenvalue weighted by molar-refractivity contribution is 0.274. The van der Waals surface area contributed by atoms with Crippen molar-refractivity contribution in [2.24, 2.45) is 0 Å². The second-order valence-corrected chi connectivity index (χ2v) is 3.64. The van der Waals surface area contributed by atoms with Crippen LogP contribution in [0.4, 0.5) is 5.95 Å². The molecular weight excluding hydrogens is 164 g/mol. The molecule has 0 aromatic carbocycles. The fourth-order valence-electron chi connectivity index (χ4n) is 1.66. The summed E-state index contributed by atoms with van der Waals surface area (Å²) in [5.74, 6) is 0.934. The summed E-state index contributed by atoms with van der Waals surface area (Å²) < 4.78 is 0.855. The van der Waals surface area contributed by atoms with E-state index in [0.29, 0.717) is 0 Å². The molecule has 0 spiro atoms. The zero-order valence-electron chi connectivity index (χ0n) is 7.90. The van der Waals surface area contributed by atoms with Gasteiger partial charge in [-0.3, -0.25) is 4.48 Å². The van der Waals surface area contributed by atoms with E-state index in [1.165, 1.54) is 0 Å². The third kappa shape index (κ3) is 1.68. The molecule has 1 aliphatic rings. The van der Waals surface area contributed by atoms with Crippen molar-refractivity contribution < 1.29 is 0 Å². The molecular formula is C9H15N4+. The molecule has 0 unspecified atom stereocenters. The van der Waals surface area contributed by atoms with Gasteiger partial charge < -0.3 is 5.32 Å². The molecule has 4 heteroatoms. The van der Waals surface area contributed by atoms with E-state index < -0.39 is 0 Å². The molecule has 1 N–H and O–H groups in total. The van der Waals surface area contributed by atoms with Crippen LogP contribution in [0.15, 0.2) is 18.5 Å². The Morgan fingerprint density at radius 3 is 2.46 bits per heavy atom. The predicted octanol–water partition coefficient (Wildman–Crippen LogP) is 0.0169. The van der Waals surface area contributed by atoms with Gasteiger partial charge in [0.25, 0.3) is 0 Å². The number of hydrogen-bond donors (Lipinski definition) is 1. The topological polar surface area (TPSA) is 37.8 Å². The van der Waals surface area contributed by atoms with Crippen LogP contribution in [0.2, 0.25) is 0 Å². The second-order valence-electron chi connectivity index (χ2n) is 3.64. The molecule has 0 amide bonds. The fourth-order valence-corrected chi connectivity index (χ4v) is 1.66. The third-order valence-electron chi connectivity index (χ3n) is 2.60. The molecule has 4 nitrogen and oxygen atoms in total. The van der Waals surface area contributed by atoms with Crippen molar-refractivity contribution in [3.8, 4) is 0 Å². The van der Waals surface area contributed by atoms with Gasteiger partial charge in [-0.25, -0.2) is 0 Å². The van der Waals surface area contributed by atoms with Crippen molar-refractivity contribution in [1.29, 1.82) is 0 Å². The first-order valence-corrected chi connectivity index (χ1v) is 4.64. The van der Waals surface area contributed by atoms with Crippen molar-refractivity contribution in [3.63, 3.8) is 0 Å². The number of nitrogens with one attached hydrogen (secondary N) is 1. The minimum Gasteiger partial charge on any atom is -0.306 e. The van der Waals surface area contributed by atoms with E-state index in [0.717, 1.165) is 36.6 Å². The standard InChI is InChI=1S/C9H15N4/c1-13(7-5-10-6-8-13)9-11-3-2-4-12-9/h2-4,10H,5-8H2,1H3/q+1. The van der Waals surface area contributed by atoms with E-state index in [1.807, 2.05) is 18.5 Å². The Labute approximate surface area is 78.2 Å². The van der Waals surface area contributed by atoms with E-state index >= 15 is 0 Å². The molecule has 0 aliphatic carbocycles. The maximum absolute atomic E-state index is 4.31. The first-order valence-electron chi connectivity index (χ1n) is 4.64. The summed E-state index contributed by atoms with van der Waals surface area (Å²) >= 11 is 0. The summed E-state index contributed by atoms with van der Waals surface area (Å²) in [7, 11) is 2.19. The van der Waals surface area contributed by atoms with E-state index in [9.17, 15) is 0 Å². The zero-order chi connectivity index (χ0) is 9.15. The highest BCUT2D eigenvalue weighted by molar-refractivity contribution is 5.23. The van der Waals surface area contributed by atoms with Gasteiger partial charge in [0.15, 0.2) is 0 Å². The Kier molecular flexibility index (Phi) is 2.24. The van der Waals surface area contributed by atoms with Gasteiger partial charge >= 0.3 is 5.95 Å². The van der Waals surface area contributed by atoms with Crippen LogP contribution < -0.4 is 9.80 Å². The molecule has 0 atom stereocenters. The monoisotopic (exact) mass is 179 g/mol. The SMILES string of the molecule is C[N+]1(c2ncccn2)CCNCC1. The van der Waals surface area contributed by atoms with E-state index in [-0.39, 0.29) is 0 Å². The molecule has 0 radical (unpaired) electrons. The highest BCUT2D eigenvalue weighted by Crippen LogP contribution is 2.14. The fraction of sp³-hybridized carbons (Fsp3) is 0.556. The summed E-state index contributed by atoms with van der Waals surface area (Å²) in [6.45, 7) is 4.25. The van der Waals surface area contributed by atoms with E-state index in [1.54, 1.807) is 0 Å². The van der Waals surface area contributed by atoms with Gasteiger partial charge in [0.2, 0.25) is 0 Å². The summed E-state index contributed by atoms with van der Waals surface area (Å²) in [6.07, 6.45) is 3.63. The lowest BCUT2D eigenvalue weighted by Crippen LogP contribution is -2.57. The van der Waals surface area contributed by atoms with Crippen LogP contribution in [0.25, 0.3) is 0 Å². The minimum absolute atomic E-state index is 0.855. The van der Waals surface area contributed by atoms with E-state index in [2.05, 4.69) is 22.3 Å². The maximum Gasteiger partial charge on any atom is 0.328 e. The lowest BCUT2D eigenvalue weighted by Gasteiger charge is -2.34. The van der Waals surface area contributed by atoms with Crippen LogP contribution in [0.3, 0.4) is 0 Å². The molecule has 1 saturated heterocycles. The van der Waals surface area contributed by atoms with Crippen LogP contribution in [-0.4, -0.2) is 43.2 Å². The molecule has 1 aromatic rings. The molecule has 1 aliphatic heterocycles. The molecule has 2 rings (SSSR count). The maximum atomic E-state index is 4.31. The molecule has 13 heavy (non-hydrogen) atoms. The van der Waals surface area contributed by atoms with Crippen molar-refractivity contribution in [2.75, 3.05) is 33.2 Å². The summed E-state index contributed by atoms with van der Waals surface area (Å²) in [4.78, 5) is 8.62. The molecule has 1 aromatic heterocycles. The minimum atomic E-state index is 0.855. The van der Waals surface area contributed by atoms with Gasteiger partial charge in [0, 0.05) is 25.5 Å². The first kappa shape index (κ1) is 8.59. The van der Waals surface area contributed by atoms with Crippen LogP contribution >= 0.6 is 0 Å². The largest absolute Gasteiger partial charge is 0.328 e. The number of rotatable bonds is 1. The van der Waals surface area contributed by atoms with Crippen LogP contribution in [0.1, 0.15) is 0 Å². The van der Waals surface area contributed by atoms with Gasteiger partial charge in [-0.05, 0) is 6.07 Å². The quantitative estimate of drug-likeness (QED) is 0.617. The lowest BCUT2D eigenvalue weighted by atomic mass is 10.3. The number of aromatic nitrogens is 2. The number of quaternary nitrogens is 1. The summed E-state index contributed by atoms with van der Waals surface area (Å²) in [5, 5.41) is 3.34. The van der Waals surface area contributed by atoms with Crippen LogP contribution in [-0.2, 0) is 0 Å². The Morgan fingerprint density at radius 1 is 1.23 bits per heavy atom. The normalized spacial score (nSPS) is 21.3. The first-order chi connectivity index (χ1) is 6.31. The Balaban J connectivity index is 2.23. The Bertz CT molecular complexity index is 266. The highest BCUT2D eigenvalue weighted by Gasteiger charge is 2.29. The summed E-state index contributed by atoms with van der Waals surface area (Å²) in [5.41, 5.74) is 0. The van der Waals surface area contributed by atoms with Gasteiger partial charge in [0.1, 0.15) is 0 Å². The Morgan fingerprint density at radius 2 is 1.85 bits per heavy atom. The zero-order valence-corrected chi connectivity index (χ0v) is 7.90. The van der Waals surface area contributed by atoms with Crippen molar-refractivity contribution in [1.82, 2.24) is 19.8 Å². The second kappa shape index (κ2) is 3.40. The highest BCUT2D eigenvalue weighted by atomic mass is 15.4. The molecule has 1 fully saturated rings. The average molecular weight is 179 g/mol. The van der Waals surface area contributed by atoms with Crippen LogP contribution in [0.5, 0.6) is 0 Å². The number of piperazine rings is 1. The van der Waals surface area contributed by atoms with Gasteiger partial charge in [-0.15, -0.1) is 0 Å². The van der Waals surface area contributed by atoms with Gasteiger partial charge in [0.05, 0.1) is 20.1 Å². The molecule has 2 heterocycles. The van der Waals surface area contributed by atoms with Crippen molar-refractivity contribution >= 4 is 5.95 Å². The number of hydrogen-bond acceptors (Lipinski definition) is 3. The predicted molar refractivity (Wildman–Crippen MR) is 52.4 cm³/mol. The molecule has 0 bridgehead atoms.